The molecule has 7 nitrogen and oxygen atoms in total. The number of aryl methyl sites for hydroxylation is 2. The molecule has 1 aliphatic heterocycles. The van der Waals surface area contributed by atoms with Gasteiger partial charge in [-0.25, -0.2) is 4.98 Å². The van der Waals surface area contributed by atoms with E-state index in [2.05, 4.69) is 34.6 Å². The molecule has 1 fully saturated rings. The lowest BCUT2D eigenvalue weighted by atomic mass is 10.0. The Kier molecular flexibility index (Phi) is 8.25. The van der Waals surface area contributed by atoms with Gasteiger partial charge in [0.2, 0.25) is 5.91 Å². The number of hydrogen-bond acceptors (Lipinski definition) is 5. The van der Waals surface area contributed by atoms with Crippen molar-refractivity contribution in [3.63, 3.8) is 0 Å². The van der Waals surface area contributed by atoms with Crippen molar-refractivity contribution < 1.29 is 14.3 Å². The number of amides is 1. The molecule has 220 valence electrons. The van der Waals surface area contributed by atoms with Crippen LogP contribution in [0.4, 0.5) is 5.69 Å². The van der Waals surface area contributed by atoms with Crippen LogP contribution in [0.15, 0.2) is 85.1 Å². The lowest BCUT2D eigenvalue weighted by Gasteiger charge is -2.36. The lowest BCUT2D eigenvalue weighted by molar-refractivity contribution is -0.131. The summed E-state index contributed by atoms with van der Waals surface area (Å²) in [5.41, 5.74) is 8.07. The highest BCUT2D eigenvalue weighted by atomic mass is 35.5. The van der Waals surface area contributed by atoms with Crippen molar-refractivity contribution in [1.82, 2.24) is 14.3 Å². The highest BCUT2D eigenvalue weighted by Gasteiger charge is 2.24. The molecule has 3 aromatic carbocycles. The number of piperazine rings is 1. The quantitative estimate of drug-likeness (QED) is 0.195. The van der Waals surface area contributed by atoms with Gasteiger partial charge in [0.05, 0.1) is 31.3 Å². The number of hydrogen-bond donors (Lipinski definition) is 0. The number of halogens is 1. The minimum Gasteiger partial charge on any atom is -0.497 e. The number of benzene rings is 3. The normalized spacial score (nSPS) is 13.4. The first-order valence-corrected chi connectivity index (χ1v) is 14.9. The Bertz CT molecular complexity index is 1760. The topological polar surface area (TPSA) is 59.3 Å². The number of pyridine rings is 1. The standard InChI is InChI=1S/C35H35ClN4O3/c1-24-22-27(36)11-14-29(24)26-10-16-33-37-35(25-8-12-28(42-2)13-9-25)31(40(33)23-26)15-17-34(41)39-20-18-38(19-21-39)30-6-4-5-7-32(30)43-3/h4-14,16,22-23H,15,17-21H2,1-3H3. The van der Waals surface area contributed by atoms with E-state index < -0.39 is 0 Å². The molecule has 1 amide bonds. The number of para-hydroxylation sites is 2. The average Bonchev–Trinajstić information content (AvgIpc) is 3.41. The maximum Gasteiger partial charge on any atom is 0.223 e. The monoisotopic (exact) mass is 594 g/mol. The van der Waals surface area contributed by atoms with Crippen LogP contribution in [0, 0.1) is 6.92 Å². The van der Waals surface area contributed by atoms with Crippen molar-refractivity contribution in [2.75, 3.05) is 45.3 Å². The molecule has 0 bridgehead atoms. The molecular formula is C35H35ClN4O3. The molecule has 0 unspecified atom stereocenters. The van der Waals surface area contributed by atoms with Gasteiger partial charge < -0.3 is 23.7 Å². The molecule has 43 heavy (non-hydrogen) atoms. The van der Waals surface area contributed by atoms with Gasteiger partial charge in [-0.3, -0.25) is 4.79 Å². The molecule has 0 radical (unpaired) electrons. The fourth-order valence-electron chi connectivity index (χ4n) is 5.89. The first-order valence-electron chi connectivity index (χ1n) is 14.5. The Balaban J connectivity index is 1.26. The minimum atomic E-state index is 0.153. The summed E-state index contributed by atoms with van der Waals surface area (Å²) >= 11 is 6.24. The highest BCUT2D eigenvalue weighted by Crippen LogP contribution is 2.32. The van der Waals surface area contributed by atoms with Crippen molar-refractivity contribution in [2.24, 2.45) is 0 Å². The number of methoxy groups -OCH3 is 2. The van der Waals surface area contributed by atoms with E-state index in [-0.39, 0.29) is 5.91 Å². The summed E-state index contributed by atoms with van der Waals surface area (Å²) < 4.78 is 13.1. The summed E-state index contributed by atoms with van der Waals surface area (Å²) in [6.07, 6.45) is 3.09. The third kappa shape index (κ3) is 5.90. The molecular weight excluding hydrogens is 560 g/mol. The molecule has 1 aliphatic rings. The van der Waals surface area contributed by atoms with Crippen molar-refractivity contribution in [3.05, 3.63) is 101 Å². The van der Waals surface area contributed by atoms with E-state index in [4.69, 9.17) is 26.1 Å². The molecule has 3 heterocycles. The largest absolute Gasteiger partial charge is 0.497 e. The van der Waals surface area contributed by atoms with Gasteiger partial charge in [0.15, 0.2) is 0 Å². The van der Waals surface area contributed by atoms with Gasteiger partial charge in [-0.1, -0.05) is 29.8 Å². The van der Waals surface area contributed by atoms with E-state index in [1.165, 1.54) is 0 Å². The second kappa shape index (κ2) is 12.4. The van der Waals surface area contributed by atoms with Crippen molar-refractivity contribution in [2.45, 2.75) is 19.8 Å². The lowest BCUT2D eigenvalue weighted by Crippen LogP contribution is -2.49. The molecule has 1 saturated heterocycles. The van der Waals surface area contributed by atoms with E-state index in [0.717, 1.165) is 74.6 Å². The average molecular weight is 595 g/mol. The van der Waals surface area contributed by atoms with Gasteiger partial charge in [0.25, 0.3) is 0 Å². The SMILES string of the molecule is COc1ccc(-c2nc3ccc(-c4ccc(Cl)cc4C)cn3c2CCC(=O)N2CCN(c3ccccc3OC)CC2)cc1. The predicted octanol–water partition coefficient (Wildman–Crippen LogP) is 6.93. The number of aromatic nitrogens is 2. The van der Waals surface area contributed by atoms with Crippen LogP contribution in [0.25, 0.3) is 28.0 Å². The molecule has 0 aliphatic carbocycles. The summed E-state index contributed by atoms with van der Waals surface area (Å²) in [5, 5.41) is 0.717. The van der Waals surface area contributed by atoms with Gasteiger partial charge >= 0.3 is 0 Å². The minimum absolute atomic E-state index is 0.153. The zero-order valence-electron chi connectivity index (χ0n) is 24.7. The summed E-state index contributed by atoms with van der Waals surface area (Å²) in [6.45, 7) is 4.95. The van der Waals surface area contributed by atoms with Crippen LogP contribution >= 0.6 is 11.6 Å². The highest BCUT2D eigenvalue weighted by molar-refractivity contribution is 6.30. The number of imidazole rings is 1. The Labute approximate surface area is 257 Å². The number of carbonyl (C=O) groups excluding carboxylic acids is 1. The van der Waals surface area contributed by atoms with Crippen LogP contribution < -0.4 is 14.4 Å². The summed E-state index contributed by atoms with van der Waals surface area (Å²) in [7, 11) is 3.35. The Morgan fingerprint density at radius 2 is 1.63 bits per heavy atom. The fourth-order valence-corrected chi connectivity index (χ4v) is 6.12. The van der Waals surface area contributed by atoms with Crippen LogP contribution in [0.1, 0.15) is 17.7 Å². The second-order valence-electron chi connectivity index (χ2n) is 10.8. The second-order valence-corrected chi connectivity index (χ2v) is 11.2. The van der Waals surface area contributed by atoms with Gasteiger partial charge in [0, 0.05) is 49.4 Å². The maximum atomic E-state index is 13.5. The van der Waals surface area contributed by atoms with E-state index in [1.807, 2.05) is 71.6 Å². The van der Waals surface area contributed by atoms with Gasteiger partial charge in [-0.15, -0.1) is 0 Å². The van der Waals surface area contributed by atoms with Crippen molar-refractivity contribution in [1.29, 1.82) is 0 Å². The van der Waals surface area contributed by atoms with E-state index in [1.54, 1.807) is 14.2 Å². The van der Waals surface area contributed by atoms with Crippen LogP contribution in [0.5, 0.6) is 11.5 Å². The molecule has 6 rings (SSSR count). The van der Waals surface area contributed by atoms with Crippen molar-refractivity contribution in [3.8, 4) is 33.9 Å². The van der Waals surface area contributed by atoms with E-state index in [0.29, 0.717) is 25.9 Å². The van der Waals surface area contributed by atoms with Crippen molar-refractivity contribution >= 4 is 28.8 Å². The number of ether oxygens (including phenoxy) is 2. The smallest absolute Gasteiger partial charge is 0.223 e. The number of anilines is 1. The number of rotatable bonds is 8. The molecule has 5 aromatic rings. The Morgan fingerprint density at radius 3 is 2.35 bits per heavy atom. The van der Waals surface area contributed by atoms with Gasteiger partial charge in [0.1, 0.15) is 17.1 Å². The van der Waals surface area contributed by atoms with Crippen LogP contribution in [-0.4, -0.2) is 60.6 Å². The molecule has 0 spiro atoms. The van der Waals surface area contributed by atoms with Gasteiger partial charge in [-0.2, -0.15) is 0 Å². The number of fused-ring (bicyclic) bond motifs is 1. The fraction of sp³-hybridized carbons (Fsp3) is 0.257. The third-order valence-electron chi connectivity index (χ3n) is 8.21. The van der Waals surface area contributed by atoms with Crippen LogP contribution in [-0.2, 0) is 11.2 Å². The first-order chi connectivity index (χ1) is 20.9. The predicted molar refractivity (Wildman–Crippen MR) is 172 cm³/mol. The zero-order valence-corrected chi connectivity index (χ0v) is 25.5. The number of carbonyl (C=O) groups is 1. The van der Waals surface area contributed by atoms with Crippen LogP contribution in [0.2, 0.25) is 5.02 Å². The maximum absolute atomic E-state index is 13.5. The molecule has 0 atom stereocenters. The Morgan fingerprint density at radius 1 is 0.884 bits per heavy atom. The molecule has 0 saturated carbocycles. The summed E-state index contributed by atoms with van der Waals surface area (Å²) in [6, 6.07) is 26.0. The molecule has 8 heteroatoms. The Hall–Kier alpha value is -4.49. The first kappa shape index (κ1) is 28.6. The molecule has 2 aromatic heterocycles. The summed E-state index contributed by atoms with van der Waals surface area (Å²) in [5.74, 6) is 1.80. The zero-order chi connectivity index (χ0) is 29.9. The number of nitrogens with zero attached hydrogens (tertiary/aromatic N) is 4. The molecule has 0 N–H and O–H groups in total. The van der Waals surface area contributed by atoms with Crippen LogP contribution in [0.3, 0.4) is 0 Å². The van der Waals surface area contributed by atoms with Gasteiger partial charge in [-0.05, 0) is 90.7 Å². The third-order valence-corrected chi connectivity index (χ3v) is 8.45. The van der Waals surface area contributed by atoms with E-state index in [9.17, 15) is 4.79 Å². The summed E-state index contributed by atoms with van der Waals surface area (Å²) in [4.78, 5) is 22.8. The van der Waals surface area contributed by atoms with E-state index >= 15 is 0 Å².